The highest BCUT2D eigenvalue weighted by atomic mass is 79.9. The maximum absolute atomic E-state index is 5.89. The molecule has 2 rings (SSSR count). The second-order valence-electron chi connectivity index (χ2n) is 6.24. The van der Waals surface area contributed by atoms with E-state index in [0.717, 1.165) is 37.0 Å². The summed E-state index contributed by atoms with van der Waals surface area (Å²) >= 11 is 3.66. The lowest BCUT2D eigenvalue weighted by atomic mass is 9.85. The summed E-state index contributed by atoms with van der Waals surface area (Å²) in [6, 6.07) is 0.641. The third kappa shape index (κ3) is 4.19. The lowest BCUT2D eigenvalue weighted by Gasteiger charge is -2.39. The predicted molar refractivity (Wildman–Crippen MR) is 79.4 cm³/mol. The third-order valence-electron chi connectivity index (χ3n) is 4.16. The molecule has 1 atom stereocenters. The van der Waals surface area contributed by atoms with Crippen molar-refractivity contribution >= 4 is 15.9 Å². The Bertz CT molecular complexity index is 256. The van der Waals surface area contributed by atoms with Crippen molar-refractivity contribution in [1.29, 1.82) is 0 Å². The van der Waals surface area contributed by atoms with E-state index in [1.165, 1.54) is 19.4 Å². The molecule has 0 N–H and O–H groups in total. The quantitative estimate of drug-likeness (QED) is 0.723. The minimum absolute atomic E-state index is 0.394. The van der Waals surface area contributed by atoms with Crippen molar-refractivity contribution in [2.45, 2.75) is 43.7 Å². The van der Waals surface area contributed by atoms with Crippen LogP contribution in [0.1, 0.15) is 26.7 Å². The molecule has 0 aromatic heterocycles. The zero-order valence-corrected chi connectivity index (χ0v) is 13.5. The van der Waals surface area contributed by atoms with Crippen LogP contribution in [-0.2, 0) is 4.74 Å². The van der Waals surface area contributed by atoms with Crippen LogP contribution in [0.4, 0.5) is 0 Å². The number of halogens is 1. The summed E-state index contributed by atoms with van der Waals surface area (Å²) in [5, 5.41) is 0. The Balaban J connectivity index is 1.68. The molecule has 1 aliphatic carbocycles. The molecule has 1 unspecified atom stereocenters. The maximum Gasteiger partial charge on any atom is 0.0829 e. The SMILES string of the molecule is CC(C)N1CCOC(CN(C)CC2CC(Br)C2)C1. The van der Waals surface area contributed by atoms with Crippen LogP contribution in [0.2, 0.25) is 0 Å². The van der Waals surface area contributed by atoms with Gasteiger partial charge in [0.05, 0.1) is 12.7 Å². The van der Waals surface area contributed by atoms with Crippen LogP contribution >= 0.6 is 15.9 Å². The summed E-state index contributed by atoms with van der Waals surface area (Å²) in [5.74, 6) is 0.893. The first-order valence-electron chi connectivity index (χ1n) is 7.23. The lowest BCUT2D eigenvalue weighted by molar-refractivity contribution is -0.0514. The van der Waals surface area contributed by atoms with Gasteiger partial charge in [-0.2, -0.15) is 0 Å². The molecule has 106 valence electrons. The van der Waals surface area contributed by atoms with E-state index < -0.39 is 0 Å². The van der Waals surface area contributed by atoms with Crippen LogP contribution in [0.15, 0.2) is 0 Å². The number of rotatable bonds is 5. The predicted octanol–water partition coefficient (Wildman–Crippen LogP) is 2.20. The zero-order chi connectivity index (χ0) is 13.1. The van der Waals surface area contributed by atoms with Crippen molar-refractivity contribution in [3.63, 3.8) is 0 Å². The molecule has 1 saturated carbocycles. The monoisotopic (exact) mass is 318 g/mol. The van der Waals surface area contributed by atoms with E-state index in [0.29, 0.717) is 12.1 Å². The molecule has 0 radical (unpaired) electrons. The number of hydrogen-bond donors (Lipinski definition) is 0. The van der Waals surface area contributed by atoms with Crippen molar-refractivity contribution in [1.82, 2.24) is 9.80 Å². The highest BCUT2D eigenvalue weighted by Gasteiger charge is 2.29. The Kier molecular flexibility index (Phi) is 5.48. The number of likely N-dealkylation sites (N-methyl/N-ethyl adjacent to an activating group) is 1. The van der Waals surface area contributed by atoms with Gasteiger partial charge in [-0.15, -0.1) is 0 Å². The van der Waals surface area contributed by atoms with Gasteiger partial charge in [-0.25, -0.2) is 0 Å². The van der Waals surface area contributed by atoms with Gasteiger partial charge >= 0.3 is 0 Å². The maximum atomic E-state index is 5.89. The summed E-state index contributed by atoms with van der Waals surface area (Å²) in [5.41, 5.74) is 0. The van der Waals surface area contributed by atoms with Crippen LogP contribution in [0.25, 0.3) is 0 Å². The van der Waals surface area contributed by atoms with Gasteiger partial charge in [0.2, 0.25) is 0 Å². The van der Waals surface area contributed by atoms with Gasteiger partial charge < -0.3 is 9.64 Å². The fourth-order valence-electron chi connectivity index (χ4n) is 2.99. The molecular weight excluding hydrogens is 292 g/mol. The highest BCUT2D eigenvalue weighted by Crippen LogP contribution is 2.33. The molecule has 3 nitrogen and oxygen atoms in total. The second-order valence-corrected chi connectivity index (χ2v) is 7.53. The zero-order valence-electron chi connectivity index (χ0n) is 11.9. The third-order valence-corrected chi connectivity index (χ3v) is 4.91. The first kappa shape index (κ1) is 14.8. The van der Waals surface area contributed by atoms with E-state index >= 15 is 0 Å². The van der Waals surface area contributed by atoms with Gasteiger partial charge in [-0.05, 0) is 39.7 Å². The van der Waals surface area contributed by atoms with E-state index in [4.69, 9.17) is 4.74 Å². The molecule has 0 spiro atoms. The summed E-state index contributed by atoms with van der Waals surface area (Å²) in [6.45, 7) is 9.92. The summed E-state index contributed by atoms with van der Waals surface area (Å²) < 4.78 is 5.89. The largest absolute Gasteiger partial charge is 0.374 e. The Hall–Kier alpha value is 0.360. The van der Waals surface area contributed by atoms with Crippen molar-refractivity contribution < 1.29 is 4.74 Å². The first-order chi connectivity index (χ1) is 8.54. The fraction of sp³-hybridized carbons (Fsp3) is 1.00. The minimum atomic E-state index is 0.394. The molecule has 0 bridgehead atoms. The van der Waals surface area contributed by atoms with Gasteiger partial charge in [0.1, 0.15) is 0 Å². The van der Waals surface area contributed by atoms with Crippen molar-refractivity contribution in [3.8, 4) is 0 Å². The second kappa shape index (κ2) is 6.69. The van der Waals surface area contributed by atoms with Gasteiger partial charge in [-0.1, -0.05) is 15.9 Å². The van der Waals surface area contributed by atoms with E-state index in [9.17, 15) is 0 Å². The Labute approximate surface area is 120 Å². The van der Waals surface area contributed by atoms with Crippen molar-refractivity contribution in [2.24, 2.45) is 5.92 Å². The van der Waals surface area contributed by atoms with E-state index in [1.807, 2.05) is 0 Å². The molecule has 1 saturated heterocycles. The van der Waals surface area contributed by atoms with Crippen LogP contribution in [0.3, 0.4) is 0 Å². The average molecular weight is 319 g/mol. The summed E-state index contributed by atoms with van der Waals surface area (Å²) in [7, 11) is 2.24. The summed E-state index contributed by atoms with van der Waals surface area (Å²) in [6.07, 6.45) is 3.08. The number of morpholine rings is 1. The molecule has 1 heterocycles. The van der Waals surface area contributed by atoms with E-state index in [2.05, 4.69) is 46.6 Å². The Morgan fingerprint density at radius 2 is 2.06 bits per heavy atom. The molecule has 1 aliphatic heterocycles. The molecular formula is C14H27BrN2O. The summed E-state index contributed by atoms with van der Waals surface area (Å²) in [4.78, 5) is 5.76. The van der Waals surface area contributed by atoms with Gasteiger partial charge in [0.15, 0.2) is 0 Å². The number of ether oxygens (including phenoxy) is 1. The highest BCUT2D eigenvalue weighted by molar-refractivity contribution is 9.09. The topological polar surface area (TPSA) is 15.7 Å². The first-order valence-corrected chi connectivity index (χ1v) is 8.14. The normalized spacial score (nSPS) is 34.0. The molecule has 4 heteroatoms. The van der Waals surface area contributed by atoms with Gasteiger partial charge in [0, 0.05) is 37.0 Å². The van der Waals surface area contributed by atoms with Gasteiger partial charge in [0.25, 0.3) is 0 Å². The molecule has 0 aromatic carbocycles. The smallest absolute Gasteiger partial charge is 0.0829 e. The van der Waals surface area contributed by atoms with Crippen molar-refractivity contribution in [3.05, 3.63) is 0 Å². The van der Waals surface area contributed by atoms with Crippen molar-refractivity contribution in [2.75, 3.05) is 39.8 Å². The van der Waals surface area contributed by atoms with Crippen LogP contribution in [0.5, 0.6) is 0 Å². The minimum Gasteiger partial charge on any atom is -0.374 e. The average Bonchev–Trinajstić information content (AvgIpc) is 2.27. The van der Waals surface area contributed by atoms with E-state index in [1.54, 1.807) is 0 Å². The molecule has 0 aromatic rings. The molecule has 2 aliphatic rings. The molecule has 2 fully saturated rings. The van der Waals surface area contributed by atoms with Gasteiger partial charge in [-0.3, -0.25) is 4.90 Å². The standard InChI is InChI=1S/C14H27BrN2O/c1-11(2)17-4-5-18-14(10-17)9-16(3)8-12-6-13(15)7-12/h11-14H,4-10H2,1-3H3. The number of alkyl halides is 1. The Morgan fingerprint density at radius 3 is 2.67 bits per heavy atom. The molecule has 0 amide bonds. The van der Waals surface area contributed by atoms with Crippen LogP contribution < -0.4 is 0 Å². The van der Waals surface area contributed by atoms with Crippen LogP contribution in [-0.4, -0.2) is 66.6 Å². The van der Waals surface area contributed by atoms with Crippen LogP contribution in [0, 0.1) is 5.92 Å². The molecule has 18 heavy (non-hydrogen) atoms. The van der Waals surface area contributed by atoms with E-state index in [-0.39, 0.29) is 0 Å². The number of nitrogens with zero attached hydrogens (tertiary/aromatic N) is 2. The fourth-order valence-corrected chi connectivity index (χ4v) is 4.05. The number of hydrogen-bond acceptors (Lipinski definition) is 3. The Morgan fingerprint density at radius 1 is 1.33 bits per heavy atom. The lowest BCUT2D eigenvalue weighted by Crippen LogP contribution is -2.50.